The van der Waals surface area contributed by atoms with Crippen LogP contribution in [-0.2, 0) is 55.7 Å². The van der Waals surface area contributed by atoms with Crippen molar-refractivity contribution < 1.29 is 37.9 Å². The molecule has 7 rings (SSSR count). The van der Waals surface area contributed by atoms with Gasteiger partial charge < -0.3 is 33.5 Å². The van der Waals surface area contributed by atoms with Crippen LogP contribution in [0.5, 0.6) is 5.75 Å². The summed E-state index contributed by atoms with van der Waals surface area (Å²) in [6, 6.07) is 40.0. The highest BCUT2D eigenvalue weighted by molar-refractivity contribution is 6.31. The summed E-state index contributed by atoms with van der Waals surface area (Å²) in [7, 11) is 0. The van der Waals surface area contributed by atoms with Crippen molar-refractivity contribution in [2.45, 2.75) is 62.9 Å². The Morgan fingerprint density at radius 1 is 0.731 bits per heavy atom. The summed E-state index contributed by atoms with van der Waals surface area (Å²) >= 11 is 6.79. The lowest BCUT2D eigenvalue weighted by Crippen LogP contribution is -2.67. The molecule has 2 saturated heterocycles. The molecule has 0 aromatic heterocycles. The van der Waals surface area contributed by atoms with Crippen molar-refractivity contribution in [1.29, 1.82) is 0 Å². The van der Waals surface area contributed by atoms with Gasteiger partial charge in [-0.3, -0.25) is 0 Å². The van der Waals surface area contributed by atoms with Crippen molar-refractivity contribution in [1.82, 2.24) is 0 Å². The number of fused-ring (bicyclic) bond motifs is 2. The second-order valence-electron chi connectivity index (χ2n) is 13.2. The summed E-state index contributed by atoms with van der Waals surface area (Å²) in [6.07, 6.45) is -2.06. The maximum atomic E-state index is 14.9. The van der Waals surface area contributed by atoms with Crippen molar-refractivity contribution in [2.24, 2.45) is 0 Å². The van der Waals surface area contributed by atoms with Crippen LogP contribution in [0.2, 0.25) is 5.02 Å². The van der Waals surface area contributed by atoms with E-state index in [0.717, 1.165) is 27.8 Å². The van der Waals surface area contributed by atoms with E-state index < -0.39 is 42.1 Å². The van der Waals surface area contributed by atoms with Crippen LogP contribution in [0.25, 0.3) is 0 Å². The third-order valence-corrected chi connectivity index (χ3v) is 9.98. The first kappa shape index (κ1) is 36.2. The van der Waals surface area contributed by atoms with Gasteiger partial charge >= 0.3 is 0 Å². The molecule has 1 N–H and O–H groups in total. The van der Waals surface area contributed by atoms with Crippen LogP contribution in [0.3, 0.4) is 0 Å². The van der Waals surface area contributed by atoms with E-state index >= 15 is 0 Å². The van der Waals surface area contributed by atoms with Gasteiger partial charge in [0, 0.05) is 10.6 Å². The minimum Gasteiger partial charge on any atom is -0.491 e. The Bertz CT molecular complexity index is 1910. The Labute approximate surface area is 308 Å². The van der Waals surface area contributed by atoms with Crippen LogP contribution >= 0.6 is 11.6 Å². The summed E-state index contributed by atoms with van der Waals surface area (Å²) in [6.45, 7) is 2.54. The molecule has 9 heteroatoms. The first-order chi connectivity index (χ1) is 25.4. The third-order valence-electron chi connectivity index (χ3n) is 9.61. The fourth-order valence-electron chi connectivity index (χ4n) is 7.01. The molecule has 0 amide bonds. The number of hydrogen-bond acceptors (Lipinski definition) is 7. The average molecular weight is 725 g/mol. The third kappa shape index (κ3) is 7.65. The molecule has 0 spiro atoms. The zero-order chi connectivity index (χ0) is 36.0. The lowest BCUT2D eigenvalue weighted by Gasteiger charge is -2.50. The van der Waals surface area contributed by atoms with E-state index in [2.05, 4.69) is 0 Å². The van der Waals surface area contributed by atoms with Gasteiger partial charge in [-0.15, -0.1) is 0 Å². The first-order valence-electron chi connectivity index (χ1n) is 17.5. The Kier molecular flexibility index (Phi) is 11.3. The first-order valence-corrected chi connectivity index (χ1v) is 17.9. The summed E-state index contributed by atoms with van der Waals surface area (Å²) in [4.78, 5) is 0. The highest BCUT2D eigenvalue weighted by Crippen LogP contribution is 2.53. The number of hydrogen-bond donors (Lipinski definition) is 1. The van der Waals surface area contributed by atoms with Crippen LogP contribution in [0.4, 0.5) is 4.39 Å². The maximum Gasteiger partial charge on any atom is 0.225 e. The van der Waals surface area contributed by atoms with Crippen molar-refractivity contribution in [3.63, 3.8) is 0 Å². The fraction of sp³-hybridized carbons (Fsp3) is 0.302. The Morgan fingerprint density at radius 3 is 1.90 bits per heavy atom. The van der Waals surface area contributed by atoms with Gasteiger partial charge in [-0.1, -0.05) is 115 Å². The number of benzene rings is 5. The van der Waals surface area contributed by atoms with E-state index in [9.17, 15) is 9.50 Å². The molecular weight excluding hydrogens is 683 g/mol. The van der Waals surface area contributed by atoms with Crippen LogP contribution in [0.1, 0.15) is 40.3 Å². The van der Waals surface area contributed by atoms with Crippen molar-refractivity contribution in [3.8, 4) is 5.75 Å². The lowest BCUT2D eigenvalue weighted by atomic mass is 9.83. The second kappa shape index (κ2) is 16.3. The number of aliphatic hydroxyl groups excluding tert-OH is 1. The number of halogens is 2. The van der Waals surface area contributed by atoms with Gasteiger partial charge in [0.15, 0.2) is 11.6 Å². The van der Waals surface area contributed by atoms with Crippen LogP contribution in [0, 0.1) is 5.82 Å². The van der Waals surface area contributed by atoms with Gasteiger partial charge in [-0.05, 0) is 65.4 Å². The quantitative estimate of drug-likeness (QED) is 0.117. The molecule has 0 radical (unpaired) electrons. The topological polar surface area (TPSA) is 75.6 Å². The normalized spacial score (nSPS) is 23.8. The van der Waals surface area contributed by atoms with E-state index in [1.807, 2.05) is 116 Å². The molecule has 2 bridgehead atoms. The van der Waals surface area contributed by atoms with Gasteiger partial charge in [0.25, 0.3) is 0 Å². The van der Waals surface area contributed by atoms with E-state index in [0.29, 0.717) is 23.6 Å². The second-order valence-corrected chi connectivity index (χ2v) is 13.6. The van der Waals surface area contributed by atoms with Gasteiger partial charge in [-0.25, -0.2) is 4.39 Å². The molecule has 0 aliphatic carbocycles. The molecule has 5 aromatic carbocycles. The van der Waals surface area contributed by atoms with Crippen LogP contribution in [0.15, 0.2) is 127 Å². The Hall–Kier alpha value is -4.12. The molecule has 52 heavy (non-hydrogen) atoms. The molecule has 2 aliphatic rings. The molecule has 2 heterocycles. The highest BCUT2D eigenvalue weighted by atomic mass is 35.5. The Balaban J connectivity index is 1.29. The zero-order valence-electron chi connectivity index (χ0n) is 29.0. The SMILES string of the molecule is CCOc1ccc(Cc2cc(C34OCC(CO)(O3)[C@@H](OCc3ccccc3)[C@H](OCc3ccccc3)[C@H]4OCc3ccccc3)ccc2Cl)cc1F. The monoisotopic (exact) mass is 724 g/mol. The molecule has 5 aromatic rings. The minimum absolute atomic E-state index is 0.0153. The molecule has 2 fully saturated rings. The van der Waals surface area contributed by atoms with Crippen LogP contribution in [-0.4, -0.2) is 48.8 Å². The largest absolute Gasteiger partial charge is 0.491 e. The van der Waals surface area contributed by atoms with Gasteiger partial charge in [0.05, 0.1) is 39.6 Å². The van der Waals surface area contributed by atoms with Gasteiger partial charge in [0.2, 0.25) is 5.79 Å². The summed E-state index contributed by atoms with van der Waals surface area (Å²) in [5, 5.41) is 11.6. The molecule has 5 atom stereocenters. The minimum atomic E-state index is -1.52. The number of rotatable bonds is 15. The highest BCUT2D eigenvalue weighted by Gasteiger charge is 2.69. The molecule has 270 valence electrons. The van der Waals surface area contributed by atoms with E-state index in [1.165, 1.54) is 6.07 Å². The molecular formula is C43H42ClFO7. The molecule has 7 nitrogen and oxygen atoms in total. The maximum absolute atomic E-state index is 14.9. The summed E-state index contributed by atoms with van der Waals surface area (Å²) in [5.74, 6) is -1.76. The number of ether oxygens (including phenoxy) is 6. The molecule has 0 saturated carbocycles. The van der Waals surface area contributed by atoms with E-state index in [-0.39, 0.29) is 32.2 Å². The van der Waals surface area contributed by atoms with Crippen molar-refractivity contribution in [2.75, 3.05) is 19.8 Å². The zero-order valence-corrected chi connectivity index (χ0v) is 29.7. The predicted molar refractivity (Wildman–Crippen MR) is 195 cm³/mol. The molecule has 2 unspecified atom stereocenters. The number of aliphatic hydroxyl groups is 1. The molecule has 2 aliphatic heterocycles. The lowest BCUT2D eigenvalue weighted by molar-refractivity contribution is -0.353. The van der Waals surface area contributed by atoms with Crippen molar-refractivity contribution >= 4 is 11.6 Å². The van der Waals surface area contributed by atoms with Gasteiger partial charge in [-0.2, -0.15) is 0 Å². The van der Waals surface area contributed by atoms with Crippen molar-refractivity contribution in [3.05, 3.63) is 172 Å². The Morgan fingerprint density at radius 2 is 1.33 bits per heavy atom. The van der Waals surface area contributed by atoms with E-state index in [4.69, 9.17) is 40.0 Å². The summed E-state index contributed by atoms with van der Waals surface area (Å²) < 4.78 is 54.3. The predicted octanol–water partition coefficient (Wildman–Crippen LogP) is 8.17. The van der Waals surface area contributed by atoms with Crippen LogP contribution < -0.4 is 4.74 Å². The fourth-order valence-corrected chi connectivity index (χ4v) is 7.19. The smallest absolute Gasteiger partial charge is 0.225 e. The van der Waals surface area contributed by atoms with E-state index in [1.54, 1.807) is 12.1 Å². The van der Waals surface area contributed by atoms with Gasteiger partial charge in [0.1, 0.15) is 23.9 Å². The average Bonchev–Trinajstić information content (AvgIpc) is 3.54. The standard InChI is InChI=1S/C43H42ClFO7/c1-2-47-38-21-18-33(23-37(38)45)22-34-24-35(19-20-36(34)44)43-41(50-27-32-16-10-5-11-17-32)39(48-25-30-12-6-3-7-13-30)40(42(28-46,52-43)29-51-43)49-26-31-14-8-4-9-15-31/h3-21,23-24,39-41,46H,2,22,25-29H2,1H3/t39-,40-,41+,42?,43?/m0/s1. The summed E-state index contributed by atoms with van der Waals surface area (Å²) in [5.41, 5.74) is 3.67.